The van der Waals surface area contributed by atoms with E-state index < -0.39 is 17.5 Å². The van der Waals surface area contributed by atoms with Crippen LogP contribution in [0.25, 0.3) is 0 Å². The number of aliphatic hydroxyl groups is 1. The molecule has 0 spiro atoms. The summed E-state index contributed by atoms with van der Waals surface area (Å²) in [5.74, 6) is -1.02. The molecule has 0 bridgehead atoms. The van der Waals surface area contributed by atoms with Crippen molar-refractivity contribution in [2.24, 2.45) is 5.41 Å². The van der Waals surface area contributed by atoms with Crippen molar-refractivity contribution >= 4 is 5.97 Å². The molecule has 0 aromatic rings. The first-order valence-electron chi connectivity index (χ1n) is 13.4. The maximum Gasteiger partial charge on any atom is 0.333 e. The van der Waals surface area contributed by atoms with E-state index in [1.807, 2.05) is 0 Å². The summed E-state index contributed by atoms with van der Waals surface area (Å²) in [6.45, 7) is 6.69. The normalized spacial score (nSPS) is 12.9. The lowest BCUT2D eigenvalue weighted by Gasteiger charge is -2.37. The van der Waals surface area contributed by atoms with Crippen LogP contribution >= 0.6 is 0 Å². The Balaban J connectivity index is 4.82. The van der Waals surface area contributed by atoms with Gasteiger partial charge in [0.25, 0.3) is 0 Å². The van der Waals surface area contributed by atoms with Crippen LogP contribution in [-0.4, -0.2) is 22.3 Å². The minimum Gasteiger partial charge on any atom is -0.479 e. The van der Waals surface area contributed by atoms with E-state index in [1.165, 1.54) is 96.3 Å². The van der Waals surface area contributed by atoms with Gasteiger partial charge in [0.05, 0.1) is 0 Å². The van der Waals surface area contributed by atoms with Crippen molar-refractivity contribution in [2.45, 2.75) is 162 Å². The van der Waals surface area contributed by atoms with Crippen molar-refractivity contribution in [1.29, 1.82) is 0 Å². The Morgan fingerprint density at radius 3 is 1.10 bits per heavy atom. The fraction of sp³-hybridized carbons (Fsp3) is 0.963. The molecule has 0 saturated carbocycles. The van der Waals surface area contributed by atoms with Gasteiger partial charge in [-0.2, -0.15) is 0 Å². The third-order valence-electron chi connectivity index (χ3n) is 6.90. The maximum absolute atomic E-state index is 11.8. The van der Waals surface area contributed by atoms with Crippen LogP contribution in [-0.2, 0) is 4.79 Å². The molecule has 0 aliphatic heterocycles. The zero-order valence-corrected chi connectivity index (χ0v) is 20.7. The maximum atomic E-state index is 11.8. The quantitative estimate of drug-likeness (QED) is 0.161. The summed E-state index contributed by atoms with van der Waals surface area (Å²) < 4.78 is 0. The molecular formula is C27H54O3. The second-order valence-corrected chi connectivity index (χ2v) is 9.66. The molecule has 0 rings (SSSR count). The number of rotatable bonds is 23. The Labute approximate surface area is 188 Å². The van der Waals surface area contributed by atoms with Crippen molar-refractivity contribution in [3.63, 3.8) is 0 Å². The highest BCUT2D eigenvalue weighted by Crippen LogP contribution is 2.41. The molecule has 0 fully saturated rings. The molecule has 30 heavy (non-hydrogen) atoms. The number of hydrogen-bond acceptors (Lipinski definition) is 2. The van der Waals surface area contributed by atoms with Gasteiger partial charge in [0.15, 0.2) is 6.10 Å². The van der Waals surface area contributed by atoms with Crippen LogP contribution < -0.4 is 0 Å². The summed E-state index contributed by atoms with van der Waals surface area (Å²) in [5.41, 5.74) is -0.425. The van der Waals surface area contributed by atoms with Gasteiger partial charge >= 0.3 is 5.97 Å². The molecule has 0 heterocycles. The van der Waals surface area contributed by atoms with Gasteiger partial charge in [0, 0.05) is 5.41 Å². The number of aliphatic carboxylic acids is 1. The van der Waals surface area contributed by atoms with Gasteiger partial charge in [0.1, 0.15) is 0 Å². The van der Waals surface area contributed by atoms with Gasteiger partial charge in [-0.25, -0.2) is 4.79 Å². The topological polar surface area (TPSA) is 57.5 Å². The molecule has 0 radical (unpaired) electrons. The predicted octanol–water partition coefficient (Wildman–Crippen LogP) is 8.67. The van der Waals surface area contributed by atoms with E-state index in [2.05, 4.69) is 20.8 Å². The van der Waals surface area contributed by atoms with E-state index in [0.717, 1.165) is 38.5 Å². The molecule has 2 N–H and O–H groups in total. The average Bonchev–Trinajstić information content (AvgIpc) is 2.74. The summed E-state index contributed by atoms with van der Waals surface area (Å²) in [4.78, 5) is 11.8. The zero-order chi connectivity index (χ0) is 22.5. The fourth-order valence-corrected chi connectivity index (χ4v) is 4.82. The van der Waals surface area contributed by atoms with Gasteiger partial charge in [-0.1, -0.05) is 136 Å². The highest BCUT2D eigenvalue weighted by atomic mass is 16.4. The summed E-state index contributed by atoms with van der Waals surface area (Å²) >= 11 is 0. The number of unbranched alkanes of at least 4 members (excludes halogenated alkanes) is 15. The van der Waals surface area contributed by atoms with Gasteiger partial charge in [-0.05, 0) is 19.3 Å². The largest absolute Gasteiger partial charge is 0.479 e. The molecule has 3 heteroatoms. The zero-order valence-electron chi connectivity index (χ0n) is 20.7. The van der Waals surface area contributed by atoms with Crippen molar-refractivity contribution < 1.29 is 15.0 Å². The standard InChI is InChI=1S/C27H54O3/c1-4-7-10-13-16-19-22-27(25(28)26(29)30,23-20-17-14-11-8-5-2)24-21-18-15-12-9-6-3/h25,28H,4-24H2,1-3H3,(H,29,30). The SMILES string of the molecule is CCCCCCCCC(CCCCCCCC)(CCCCCCCC)C(O)C(=O)O. The van der Waals surface area contributed by atoms with Crippen LogP contribution in [0.15, 0.2) is 0 Å². The lowest BCUT2D eigenvalue weighted by molar-refractivity contribution is -0.156. The Morgan fingerprint density at radius 1 is 0.567 bits per heavy atom. The summed E-state index contributed by atoms with van der Waals surface area (Å²) in [6.07, 6.45) is 23.2. The minimum atomic E-state index is -1.21. The number of carboxylic acid groups (broad SMARTS) is 1. The number of hydrogen-bond donors (Lipinski definition) is 2. The van der Waals surface area contributed by atoms with Crippen molar-refractivity contribution in [1.82, 2.24) is 0 Å². The third kappa shape index (κ3) is 14.4. The molecule has 0 saturated heterocycles. The van der Waals surface area contributed by atoms with Crippen LogP contribution in [0.2, 0.25) is 0 Å². The van der Waals surface area contributed by atoms with Gasteiger partial charge < -0.3 is 10.2 Å². The lowest BCUT2D eigenvalue weighted by atomic mass is 9.70. The second kappa shape index (κ2) is 20.3. The van der Waals surface area contributed by atoms with E-state index in [9.17, 15) is 15.0 Å². The number of carboxylic acids is 1. The van der Waals surface area contributed by atoms with Gasteiger partial charge in [-0.3, -0.25) is 0 Å². The summed E-state index contributed by atoms with van der Waals surface area (Å²) in [5, 5.41) is 20.4. The fourth-order valence-electron chi connectivity index (χ4n) is 4.82. The first kappa shape index (κ1) is 29.4. The van der Waals surface area contributed by atoms with E-state index >= 15 is 0 Å². The second-order valence-electron chi connectivity index (χ2n) is 9.66. The Morgan fingerprint density at radius 2 is 0.833 bits per heavy atom. The van der Waals surface area contributed by atoms with Crippen LogP contribution in [0, 0.1) is 5.41 Å². The lowest BCUT2D eigenvalue weighted by Crippen LogP contribution is -2.41. The van der Waals surface area contributed by atoms with Crippen LogP contribution in [0.1, 0.15) is 156 Å². The Bertz CT molecular complexity index is 340. The van der Waals surface area contributed by atoms with E-state index in [0.29, 0.717) is 0 Å². The van der Waals surface area contributed by atoms with Crippen molar-refractivity contribution in [2.75, 3.05) is 0 Å². The third-order valence-corrected chi connectivity index (χ3v) is 6.90. The predicted molar refractivity (Wildman–Crippen MR) is 130 cm³/mol. The molecule has 0 aliphatic rings. The molecule has 180 valence electrons. The molecular weight excluding hydrogens is 372 g/mol. The Hall–Kier alpha value is -0.570. The number of carbonyl (C=O) groups is 1. The average molecular weight is 427 g/mol. The van der Waals surface area contributed by atoms with E-state index in [4.69, 9.17) is 0 Å². The highest BCUT2D eigenvalue weighted by Gasteiger charge is 2.40. The van der Waals surface area contributed by atoms with E-state index in [-0.39, 0.29) is 0 Å². The monoisotopic (exact) mass is 426 g/mol. The Kier molecular flexibility index (Phi) is 20.0. The molecule has 0 aromatic carbocycles. The molecule has 1 atom stereocenters. The highest BCUT2D eigenvalue weighted by molar-refractivity contribution is 5.73. The van der Waals surface area contributed by atoms with Gasteiger partial charge in [-0.15, -0.1) is 0 Å². The molecule has 0 aliphatic carbocycles. The molecule has 0 amide bonds. The van der Waals surface area contributed by atoms with Crippen LogP contribution in [0.3, 0.4) is 0 Å². The van der Waals surface area contributed by atoms with Gasteiger partial charge in [0.2, 0.25) is 0 Å². The molecule has 3 nitrogen and oxygen atoms in total. The molecule has 0 aromatic heterocycles. The van der Waals surface area contributed by atoms with Crippen LogP contribution in [0.5, 0.6) is 0 Å². The van der Waals surface area contributed by atoms with E-state index in [1.54, 1.807) is 0 Å². The summed E-state index contributed by atoms with van der Waals surface area (Å²) in [7, 11) is 0. The first-order chi connectivity index (χ1) is 14.5. The van der Waals surface area contributed by atoms with Crippen LogP contribution in [0.4, 0.5) is 0 Å². The first-order valence-corrected chi connectivity index (χ1v) is 13.4. The molecule has 1 unspecified atom stereocenters. The van der Waals surface area contributed by atoms with Crippen molar-refractivity contribution in [3.05, 3.63) is 0 Å². The van der Waals surface area contributed by atoms with Crippen molar-refractivity contribution in [3.8, 4) is 0 Å². The minimum absolute atomic E-state index is 0.425. The number of aliphatic hydroxyl groups excluding tert-OH is 1. The summed E-state index contributed by atoms with van der Waals surface area (Å²) in [6, 6.07) is 0. The smallest absolute Gasteiger partial charge is 0.333 e.